The van der Waals surface area contributed by atoms with Gasteiger partial charge in [0.1, 0.15) is 11.1 Å². The number of hydrogen-bond acceptors (Lipinski definition) is 8. The number of rotatable bonds is 12. The maximum Gasteiger partial charge on any atom is 0.423 e. The predicted octanol–water partition coefficient (Wildman–Crippen LogP) is 10.6. The van der Waals surface area contributed by atoms with Crippen LogP contribution in [-0.4, -0.2) is 37.1 Å². The number of benzene rings is 2. The molecule has 2 saturated carbocycles. The summed E-state index contributed by atoms with van der Waals surface area (Å²) in [5.74, 6) is -4.14. The minimum atomic E-state index is -1.64. The summed E-state index contributed by atoms with van der Waals surface area (Å²) in [4.78, 5) is 52.2. The van der Waals surface area contributed by atoms with Crippen molar-refractivity contribution in [3.8, 4) is 11.5 Å². The third-order valence-corrected chi connectivity index (χ3v) is 13.0. The SMILES string of the molecule is CC1C(C)C1(C)CCCOC(=O)c1c(Cl)c(Cl)cc(Cl)c1OC(=O)C(=O)Oc1c(Cl)cc(Cl)c(Cl)c1C(=O)OCCCC1(C)C(C)C1C. The Morgan fingerprint density at radius 3 is 1.19 bits per heavy atom. The van der Waals surface area contributed by atoms with Crippen LogP contribution in [0, 0.1) is 34.5 Å². The van der Waals surface area contributed by atoms with Crippen molar-refractivity contribution >= 4 is 93.5 Å². The summed E-state index contributed by atoms with van der Waals surface area (Å²) in [6.45, 7) is 13.2. The molecule has 262 valence electrons. The maximum absolute atomic E-state index is 13.1. The van der Waals surface area contributed by atoms with E-state index < -0.39 is 46.5 Å². The zero-order valence-corrected chi connectivity index (χ0v) is 31.8. The quantitative estimate of drug-likeness (QED) is 0.0689. The molecule has 48 heavy (non-hydrogen) atoms. The monoisotopic (exact) mass is 782 g/mol. The second kappa shape index (κ2) is 15.1. The molecule has 2 aliphatic rings. The molecule has 2 aliphatic carbocycles. The maximum atomic E-state index is 13.1. The molecule has 0 heterocycles. The highest BCUT2D eigenvalue weighted by Crippen LogP contribution is 2.61. The van der Waals surface area contributed by atoms with Crippen molar-refractivity contribution in [1.29, 1.82) is 0 Å². The highest BCUT2D eigenvalue weighted by molar-refractivity contribution is 6.47. The zero-order chi connectivity index (χ0) is 35.9. The van der Waals surface area contributed by atoms with Crippen LogP contribution in [0.1, 0.15) is 87.9 Å². The average molecular weight is 785 g/mol. The third-order valence-electron chi connectivity index (χ3n) is 10.8. The van der Waals surface area contributed by atoms with Crippen molar-refractivity contribution in [1.82, 2.24) is 0 Å². The molecule has 4 unspecified atom stereocenters. The zero-order valence-electron chi connectivity index (χ0n) is 27.2. The van der Waals surface area contributed by atoms with Crippen molar-refractivity contribution in [2.24, 2.45) is 34.5 Å². The summed E-state index contributed by atoms with van der Waals surface area (Å²) in [7, 11) is 0. The second-order valence-corrected chi connectivity index (χ2v) is 15.5. The minimum absolute atomic E-state index is 0.0516. The molecular formula is C34H36Cl6O8. The molecule has 0 N–H and O–H groups in total. The lowest BCUT2D eigenvalue weighted by molar-refractivity contribution is -0.156. The predicted molar refractivity (Wildman–Crippen MR) is 186 cm³/mol. The molecule has 2 aromatic rings. The first kappa shape index (κ1) is 38.9. The number of carbonyl (C=O) groups is 4. The number of ether oxygens (including phenoxy) is 4. The van der Waals surface area contributed by atoms with Crippen LogP contribution in [0.5, 0.6) is 11.5 Å². The summed E-state index contributed by atoms with van der Waals surface area (Å²) in [6, 6.07) is 2.25. The number of halogens is 6. The Balaban J connectivity index is 1.46. The largest absolute Gasteiger partial charge is 0.462 e. The van der Waals surface area contributed by atoms with Gasteiger partial charge in [0, 0.05) is 0 Å². The molecule has 0 aromatic heterocycles. The first-order valence-corrected chi connectivity index (χ1v) is 17.8. The van der Waals surface area contributed by atoms with Crippen LogP contribution in [0.25, 0.3) is 0 Å². The lowest BCUT2D eigenvalue weighted by atomic mass is 9.99. The molecule has 0 saturated heterocycles. The molecular weight excluding hydrogens is 749 g/mol. The van der Waals surface area contributed by atoms with Gasteiger partial charge < -0.3 is 18.9 Å². The Morgan fingerprint density at radius 1 is 0.583 bits per heavy atom. The summed E-state index contributed by atoms with van der Waals surface area (Å²) < 4.78 is 21.2. The van der Waals surface area contributed by atoms with Gasteiger partial charge in [0.05, 0.1) is 43.3 Å². The van der Waals surface area contributed by atoms with E-state index >= 15 is 0 Å². The van der Waals surface area contributed by atoms with Crippen LogP contribution in [0.3, 0.4) is 0 Å². The van der Waals surface area contributed by atoms with Gasteiger partial charge in [-0.05, 0) is 72.3 Å². The third kappa shape index (κ3) is 7.84. The van der Waals surface area contributed by atoms with Crippen LogP contribution < -0.4 is 9.47 Å². The molecule has 0 spiro atoms. The van der Waals surface area contributed by atoms with Gasteiger partial charge in [-0.15, -0.1) is 0 Å². The van der Waals surface area contributed by atoms with E-state index in [0.29, 0.717) is 36.5 Å². The van der Waals surface area contributed by atoms with Gasteiger partial charge in [-0.3, -0.25) is 0 Å². The fourth-order valence-electron chi connectivity index (χ4n) is 6.42. The van der Waals surface area contributed by atoms with Gasteiger partial charge in [0.25, 0.3) is 0 Å². The molecule has 4 atom stereocenters. The summed E-state index contributed by atoms with van der Waals surface area (Å²) in [5, 5.41) is -1.49. The first-order chi connectivity index (χ1) is 22.4. The van der Waals surface area contributed by atoms with Crippen molar-refractivity contribution in [2.75, 3.05) is 13.2 Å². The highest BCUT2D eigenvalue weighted by Gasteiger charge is 2.54. The van der Waals surface area contributed by atoms with Crippen molar-refractivity contribution in [3.05, 3.63) is 53.4 Å². The molecule has 14 heteroatoms. The van der Waals surface area contributed by atoms with Crippen LogP contribution >= 0.6 is 69.6 Å². The van der Waals surface area contributed by atoms with E-state index in [1.807, 2.05) is 0 Å². The van der Waals surface area contributed by atoms with Crippen molar-refractivity contribution in [3.63, 3.8) is 0 Å². The minimum Gasteiger partial charge on any atom is -0.462 e. The fraction of sp³-hybridized carbons (Fsp3) is 0.529. The number of hydrogen-bond donors (Lipinski definition) is 0. The second-order valence-electron chi connectivity index (χ2n) is 13.1. The van der Waals surface area contributed by atoms with Crippen molar-refractivity contribution in [2.45, 2.75) is 67.2 Å². The van der Waals surface area contributed by atoms with E-state index in [2.05, 4.69) is 41.5 Å². The summed E-state index contributed by atoms with van der Waals surface area (Å²) in [6.07, 6.45) is 2.84. The Morgan fingerprint density at radius 2 is 0.896 bits per heavy atom. The summed E-state index contributed by atoms with van der Waals surface area (Å²) in [5.41, 5.74) is -0.583. The van der Waals surface area contributed by atoms with Gasteiger partial charge in [0.2, 0.25) is 0 Å². The first-order valence-electron chi connectivity index (χ1n) is 15.5. The molecule has 0 aliphatic heterocycles. The standard InChI is InChI=1S/C34H36Cl6O8/c1-15-16(2)33(15,5)9-7-11-45-29(41)23-25(39)19(35)13-21(37)27(23)47-31(43)32(44)48-28-22(38)14-20(36)26(40)24(28)30(42)46-12-8-10-34(6)17(3)18(34)4/h13-18H,7-12H2,1-6H3. The lowest BCUT2D eigenvalue weighted by Crippen LogP contribution is -2.27. The van der Waals surface area contributed by atoms with Gasteiger partial charge >= 0.3 is 23.9 Å². The Hall–Kier alpha value is -1.94. The molecule has 0 radical (unpaired) electrons. The average Bonchev–Trinajstić information content (AvgIpc) is 3.72. The van der Waals surface area contributed by atoms with Gasteiger partial charge in [-0.1, -0.05) is 111 Å². The smallest absolute Gasteiger partial charge is 0.423 e. The Bertz CT molecular complexity index is 1510. The van der Waals surface area contributed by atoms with Crippen LogP contribution in [0.2, 0.25) is 30.1 Å². The molecule has 8 nitrogen and oxygen atoms in total. The molecule has 0 amide bonds. The normalized spacial score (nSPS) is 25.7. The van der Waals surface area contributed by atoms with Gasteiger partial charge in [-0.2, -0.15) is 0 Å². The van der Waals surface area contributed by atoms with E-state index in [1.54, 1.807) is 0 Å². The van der Waals surface area contributed by atoms with Crippen LogP contribution in [0.15, 0.2) is 12.1 Å². The van der Waals surface area contributed by atoms with E-state index in [4.69, 9.17) is 88.6 Å². The van der Waals surface area contributed by atoms with Crippen molar-refractivity contribution < 1.29 is 38.1 Å². The van der Waals surface area contributed by atoms with Crippen LogP contribution in [-0.2, 0) is 19.1 Å². The number of carbonyl (C=O) groups excluding carboxylic acids is 4. The topological polar surface area (TPSA) is 105 Å². The molecule has 2 aromatic carbocycles. The fourth-order valence-corrected chi connectivity index (χ4v) is 7.86. The van der Waals surface area contributed by atoms with E-state index in [9.17, 15) is 19.2 Å². The van der Waals surface area contributed by atoms with Gasteiger partial charge in [-0.25, -0.2) is 19.2 Å². The van der Waals surface area contributed by atoms with E-state index in [1.165, 1.54) is 0 Å². The molecule has 4 rings (SSSR count). The number of esters is 4. The Labute approximate surface area is 309 Å². The Kier molecular flexibility index (Phi) is 12.2. The van der Waals surface area contributed by atoms with E-state index in [0.717, 1.165) is 25.0 Å². The van der Waals surface area contributed by atoms with E-state index in [-0.39, 0.29) is 54.2 Å². The lowest BCUT2D eigenvalue weighted by Gasteiger charge is -2.16. The molecule has 2 fully saturated rings. The summed E-state index contributed by atoms with van der Waals surface area (Å²) >= 11 is 37.4. The van der Waals surface area contributed by atoms with Crippen LogP contribution in [0.4, 0.5) is 0 Å². The molecule has 0 bridgehead atoms. The van der Waals surface area contributed by atoms with Gasteiger partial charge in [0.15, 0.2) is 11.5 Å². The highest BCUT2D eigenvalue weighted by atomic mass is 35.5.